The molecule has 0 saturated heterocycles. The summed E-state index contributed by atoms with van der Waals surface area (Å²) >= 11 is 0. The van der Waals surface area contributed by atoms with E-state index in [0.717, 1.165) is 0 Å². The number of aliphatic hydroxyl groups is 1. The van der Waals surface area contributed by atoms with Gasteiger partial charge < -0.3 is 16.2 Å². The zero-order chi connectivity index (χ0) is 14.1. The van der Waals surface area contributed by atoms with E-state index in [1.165, 1.54) is 24.8 Å². The van der Waals surface area contributed by atoms with Crippen LogP contribution >= 0.6 is 0 Å². The highest BCUT2D eigenvalue weighted by atomic mass is 16.3. The van der Waals surface area contributed by atoms with E-state index in [1.54, 1.807) is 7.05 Å². The van der Waals surface area contributed by atoms with Crippen LogP contribution in [0.2, 0.25) is 0 Å². The predicted octanol–water partition coefficient (Wildman–Crippen LogP) is 1.37. The van der Waals surface area contributed by atoms with E-state index in [1.807, 2.05) is 18.2 Å². The third-order valence-electron chi connectivity index (χ3n) is 3.01. The van der Waals surface area contributed by atoms with Crippen LogP contribution in [0.1, 0.15) is 37.8 Å². The van der Waals surface area contributed by atoms with Crippen LogP contribution in [-0.4, -0.2) is 31.0 Å². The van der Waals surface area contributed by atoms with Gasteiger partial charge in [0.25, 0.3) is 0 Å². The van der Waals surface area contributed by atoms with E-state index in [-0.39, 0.29) is 12.1 Å². The van der Waals surface area contributed by atoms with Gasteiger partial charge in [0.2, 0.25) is 0 Å². The molecule has 0 spiro atoms. The number of likely N-dealkylation sites (N-methyl/N-ethyl adjacent to an activating group) is 1. The number of hydrogen-bond acceptors (Lipinski definition) is 4. The van der Waals surface area contributed by atoms with Gasteiger partial charge in [-0.15, -0.1) is 0 Å². The summed E-state index contributed by atoms with van der Waals surface area (Å²) in [4.78, 5) is 0. The molecule has 4 heteroatoms. The molecule has 1 saturated carbocycles. The van der Waals surface area contributed by atoms with Crippen molar-refractivity contribution in [3.05, 3.63) is 35.9 Å². The van der Waals surface area contributed by atoms with Crippen LogP contribution in [-0.2, 0) is 0 Å². The lowest BCUT2D eigenvalue weighted by atomic mass is 10.1. The van der Waals surface area contributed by atoms with Gasteiger partial charge in [-0.25, -0.2) is 0 Å². The molecular weight excluding hydrogens is 238 g/mol. The zero-order valence-electron chi connectivity index (χ0n) is 12.0. The van der Waals surface area contributed by atoms with Crippen LogP contribution in [0.5, 0.6) is 0 Å². The van der Waals surface area contributed by atoms with Crippen LogP contribution in [0.3, 0.4) is 0 Å². The minimum Gasteiger partial charge on any atom is -0.377 e. The molecule has 5 N–H and O–H groups in total. The first-order valence-electron chi connectivity index (χ1n) is 7.04. The second kappa shape index (κ2) is 9.04. The van der Waals surface area contributed by atoms with E-state index < -0.39 is 6.23 Å². The van der Waals surface area contributed by atoms with Gasteiger partial charge in [0.1, 0.15) is 6.23 Å². The van der Waals surface area contributed by atoms with Gasteiger partial charge in [-0.3, -0.25) is 5.32 Å². The molecule has 3 atom stereocenters. The molecule has 1 unspecified atom stereocenters. The molecule has 1 aromatic rings. The Morgan fingerprint density at radius 3 is 2.26 bits per heavy atom. The number of rotatable bonds is 6. The van der Waals surface area contributed by atoms with Crippen LogP contribution < -0.4 is 16.4 Å². The van der Waals surface area contributed by atoms with E-state index >= 15 is 0 Å². The number of benzene rings is 1. The lowest BCUT2D eigenvalue weighted by molar-refractivity contribution is 0.116. The van der Waals surface area contributed by atoms with Gasteiger partial charge in [0.05, 0.1) is 6.04 Å². The Balaban J connectivity index is 0.000000524. The SMILES string of the molecule is C1CC1.CNC(O)[C@H](N)CN[C@@H](C)c1ccccc1. The first-order valence-corrected chi connectivity index (χ1v) is 7.04. The molecule has 0 aliphatic heterocycles. The summed E-state index contributed by atoms with van der Waals surface area (Å²) in [6.45, 7) is 2.64. The van der Waals surface area contributed by atoms with Crippen LogP contribution in [0, 0.1) is 0 Å². The highest BCUT2D eigenvalue weighted by molar-refractivity contribution is 5.18. The Morgan fingerprint density at radius 1 is 1.21 bits per heavy atom. The summed E-state index contributed by atoms with van der Waals surface area (Å²) in [5.41, 5.74) is 7.00. The maximum atomic E-state index is 9.43. The van der Waals surface area contributed by atoms with Gasteiger partial charge in [0, 0.05) is 12.6 Å². The van der Waals surface area contributed by atoms with Gasteiger partial charge in [-0.1, -0.05) is 49.6 Å². The van der Waals surface area contributed by atoms with Gasteiger partial charge >= 0.3 is 0 Å². The van der Waals surface area contributed by atoms with Gasteiger partial charge in [-0.2, -0.15) is 0 Å². The quantitative estimate of drug-likeness (QED) is 0.586. The number of aliphatic hydroxyl groups excluding tert-OH is 1. The molecule has 1 aliphatic rings. The molecule has 1 fully saturated rings. The van der Waals surface area contributed by atoms with Crippen molar-refractivity contribution >= 4 is 0 Å². The Hall–Kier alpha value is -0.940. The first kappa shape index (κ1) is 16.1. The number of nitrogens with two attached hydrogens (primary N) is 1. The molecule has 2 rings (SSSR count). The monoisotopic (exact) mass is 265 g/mol. The molecule has 108 valence electrons. The Morgan fingerprint density at radius 2 is 1.79 bits per heavy atom. The molecule has 4 nitrogen and oxygen atoms in total. The standard InChI is InChI=1S/C12H21N3O.C3H6/c1-9(10-6-4-3-5-7-10)15-8-11(13)12(16)14-2;1-2-3-1/h3-7,9,11-12,14-16H,8,13H2,1-2H3;1-3H2/t9-,11+,12?;/m0./s1. The normalized spacial score (nSPS) is 17.9. The number of hydrogen-bond donors (Lipinski definition) is 4. The van der Waals surface area contributed by atoms with Crippen LogP contribution in [0.25, 0.3) is 0 Å². The van der Waals surface area contributed by atoms with Crippen molar-refractivity contribution in [2.45, 2.75) is 44.5 Å². The minimum atomic E-state index is -0.671. The molecule has 0 bridgehead atoms. The van der Waals surface area contributed by atoms with E-state index in [4.69, 9.17) is 5.73 Å². The molecule has 0 aromatic heterocycles. The van der Waals surface area contributed by atoms with Crippen molar-refractivity contribution in [1.82, 2.24) is 10.6 Å². The molecule has 0 heterocycles. The summed E-state index contributed by atoms with van der Waals surface area (Å²) in [6, 6.07) is 10.1. The third kappa shape index (κ3) is 7.28. The third-order valence-corrected chi connectivity index (χ3v) is 3.01. The zero-order valence-corrected chi connectivity index (χ0v) is 12.0. The maximum absolute atomic E-state index is 9.43. The average molecular weight is 265 g/mol. The van der Waals surface area contributed by atoms with Crippen molar-refractivity contribution < 1.29 is 5.11 Å². The topological polar surface area (TPSA) is 70.3 Å². The van der Waals surface area contributed by atoms with Crippen molar-refractivity contribution in [3.63, 3.8) is 0 Å². The van der Waals surface area contributed by atoms with Crippen molar-refractivity contribution in [1.29, 1.82) is 0 Å². The molecule has 19 heavy (non-hydrogen) atoms. The van der Waals surface area contributed by atoms with E-state index in [0.29, 0.717) is 6.54 Å². The molecule has 1 aliphatic carbocycles. The van der Waals surface area contributed by atoms with Crippen molar-refractivity contribution in [3.8, 4) is 0 Å². The lowest BCUT2D eigenvalue weighted by Gasteiger charge is -2.21. The largest absolute Gasteiger partial charge is 0.377 e. The summed E-state index contributed by atoms with van der Waals surface area (Å²) in [5.74, 6) is 0. The average Bonchev–Trinajstić information content (AvgIpc) is 3.32. The first-order chi connectivity index (χ1) is 9.15. The summed E-state index contributed by atoms with van der Waals surface area (Å²) in [6.07, 6.45) is 3.83. The molecule has 0 radical (unpaired) electrons. The molecule has 0 amide bonds. The fourth-order valence-electron chi connectivity index (χ4n) is 1.50. The van der Waals surface area contributed by atoms with Gasteiger partial charge in [0.15, 0.2) is 0 Å². The molecular formula is C15H27N3O. The van der Waals surface area contributed by atoms with Crippen molar-refractivity contribution in [2.24, 2.45) is 5.73 Å². The van der Waals surface area contributed by atoms with E-state index in [9.17, 15) is 5.11 Å². The predicted molar refractivity (Wildman–Crippen MR) is 79.8 cm³/mol. The van der Waals surface area contributed by atoms with E-state index in [2.05, 4.69) is 29.7 Å². The smallest absolute Gasteiger partial charge is 0.121 e. The lowest BCUT2D eigenvalue weighted by Crippen LogP contribution is -2.49. The minimum absolute atomic E-state index is 0.233. The maximum Gasteiger partial charge on any atom is 0.121 e. The fraction of sp³-hybridized carbons (Fsp3) is 0.600. The Kier molecular flexibility index (Phi) is 7.67. The summed E-state index contributed by atoms with van der Waals surface area (Å²) < 4.78 is 0. The summed E-state index contributed by atoms with van der Waals surface area (Å²) in [7, 11) is 1.69. The van der Waals surface area contributed by atoms with Gasteiger partial charge in [-0.05, 0) is 19.5 Å². The summed E-state index contributed by atoms with van der Waals surface area (Å²) in [5, 5.41) is 15.4. The number of nitrogens with one attached hydrogen (secondary N) is 2. The fourth-order valence-corrected chi connectivity index (χ4v) is 1.50. The highest BCUT2D eigenvalue weighted by Crippen LogP contribution is 2.14. The van der Waals surface area contributed by atoms with Crippen LogP contribution in [0.4, 0.5) is 0 Å². The molecule has 1 aromatic carbocycles. The Bertz CT molecular complexity index is 327. The Labute approximate surface area is 116 Å². The van der Waals surface area contributed by atoms with Crippen molar-refractivity contribution in [2.75, 3.05) is 13.6 Å². The highest BCUT2D eigenvalue weighted by Gasteiger charge is 2.13. The second-order valence-electron chi connectivity index (χ2n) is 5.00. The van der Waals surface area contributed by atoms with Crippen LogP contribution in [0.15, 0.2) is 30.3 Å². The second-order valence-corrected chi connectivity index (χ2v) is 5.00.